The highest BCUT2D eigenvalue weighted by molar-refractivity contribution is 6.06. The normalized spacial score (nSPS) is 10.8. The van der Waals surface area contributed by atoms with Crippen molar-refractivity contribution in [2.75, 3.05) is 17.2 Å². The van der Waals surface area contributed by atoms with E-state index in [4.69, 9.17) is 0 Å². The second-order valence-electron chi connectivity index (χ2n) is 7.06. The van der Waals surface area contributed by atoms with Gasteiger partial charge in [0.2, 0.25) is 11.7 Å². The van der Waals surface area contributed by atoms with Gasteiger partial charge in [0.25, 0.3) is 11.8 Å². The Bertz CT molecular complexity index is 1070. The minimum atomic E-state index is -0.464. The average molecular weight is 393 g/mol. The fraction of sp³-hybridized carbons (Fsp3) is 0.238. The number of carbonyl (C=O) groups is 3. The van der Waals surface area contributed by atoms with Crippen molar-refractivity contribution >= 4 is 34.6 Å². The van der Waals surface area contributed by atoms with Crippen molar-refractivity contribution in [3.63, 3.8) is 0 Å². The molecule has 0 bridgehead atoms. The van der Waals surface area contributed by atoms with E-state index in [1.807, 2.05) is 13.8 Å². The van der Waals surface area contributed by atoms with Crippen LogP contribution in [0.2, 0.25) is 0 Å². The van der Waals surface area contributed by atoms with Crippen LogP contribution in [-0.2, 0) is 4.79 Å². The lowest BCUT2D eigenvalue weighted by atomic mass is 10.2. The van der Waals surface area contributed by atoms with Gasteiger partial charge >= 0.3 is 0 Å². The Hall–Kier alpha value is -3.68. The lowest BCUT2D eigenvalue weighted by Gasteiger charge is -2.07. The molecule has 0 radical (unpaired) electrons. The molecular weight excluding hydrogens is 370 g/mol. The molecule has 29 heavy (non-hydrogen) atoms. The van der Waals surface area contributed by atoms with Crippen LogP contribution in [0.4, 0.5) is 11.4 Å². The molecule has 2 heterocycles. The molecule has 150 valence electrons. The van der Waals surface area contributed by atoms with E-state index in [2.05, 4.69) is 20.9 Å². The average Bonchev–Trinajstić information content (AvgIpc) is 3.06. The van der Waals surface area contributed by atoms with Crippen LogP contribution in [0, 0.1) is 5.92 Å². The number of amides is 3. The highest BCUT2D eigenvalue weighted by atomic mass is 16.2. The van der Waals surface area contributed by atoms with E-state index in [1.54, 1.807) is 53.1 Å². The first-order valence-electron chi connectivity index (χ1n) is 9.29. The zero-order chi connectivity index (χ0) is 21.0. The molecule has 0 unspecified atom stereocenters. The molecule has 3 amide bonds. The number of hydrogen-bond donors (Lipinski definition) is 3. The third-order valence-electron chi connectivity index (χ3n) is 4.08. The smallest absolute Gasteiger partial charge is 0.292 e. The van der Waals surface area contributed by atoms with Crippen molar-refractivity contribution in [1.82, 2.24) is 14.7 Å². The molecule has 0 aliphatic heterocycles. The number of fused-ring (bicyclic) bond motifs is 1. The van der Waals surface area contributed by atoms with E-state index in [1.165, 1.54) is 6.92 Å². The van der Waals surface area contributed by atoms with Crippen molar-refractivity contribution in [3.05, 3.63) is 60.2 Å². The predicted octanol–water partition coefficient (Wildman–Crippen LogP) is 2.93. The van der Waals surface area contributed by atoms with Gasteiger partial charge in [-0.05, 0) is 36.2 Å². The summed E-state index contributed by atoms with van der Waals surface area (Å²) in [5.41, 5.74) is 1.81. The van der Waals surface area contributed by atoms with E-state index >= 15 is 0 Å². The van der Waals surface area contributed by atoms with Crippen molar-refractivity contribution in [2.24, 2.45) is 5.92 Å². The molecule has 0 atom stereocenters. The Balaban J connectivity index is 1.88. The van der Waals surface area contributed by atoms with Crippen LogP contribution in [0.15, 0.2) is 48.7 Å². The van der Waals surface area contributed by atoms with Crippen molar-refractivity contribution < 1.29 is 14.4 Å². The van der Waals surface area contributed by atoms with Crippen LogP contribution < -0.4 is 16.0 Å². The second kappa shape index (κ2) is 8.55. The fourth-order valence-corrected chi connectivity index (χ4v) is 2.81. The Labute approximate surface area is 168 Å². The maximum Gasteiger partial charge on any atom is 0.292 e. The third-order valence-corrected chi connectivity index (χ3v) is 4.08. The molecule has 0 fully saturated rings. The number of carbonyl (C=O) groups excluding carboxylic acids is 3. The summed E-state index contributed by atoms with van der Waals surface area (Å²) in [4.78, 5) is 40.9. The summed E-state index contributed by atoms with van der Waals surface area (Å²) in [5, 5.41) is 8.26. The van der Waals surface area contributed by atoms with Gasteiger partial charge in [-0.25, -0.2) is 4.98 Å². The Kier molecular flexibility index (Phi) is 5.92. The van der Waals surface area contributed by atoms with Crippen LogP contribution in [0.5, 0.6) is 0 Å². The molecule has 3 N–H and O–H groups in total. The first kappa shape index (κ1) is 20.1. The monoisotopic (exact) mass is 393 g/mol. The summed E-state index contributed by atoms with van der Waals surface area (Å²) in [6.45, 7) is 5.93. The van der Waals surface area contributed by atoms with E-state index in [0.717, 1.165) is 0 Å². The number of pyridine rings is 1. The standard InChI is InChI=1S/C21H23N5O3/c1-13(2)12-22-20(28)18-17-9-4-5-10-26(17)19(25-18)21(29)24-16-8-6-7-15(11-16)23-14(3)27/h4-11,13H,12H2,1-3H3,(H,22,28)(H,23,27)(H,24,29). The number of aromatic nitrogens is 2. The molecule has 8 heteroatoms. The van der Waals surface area contributed by atoms with Crippen LogP contribution >= 0.6 is 0 Å². The zero-order valence-corrected chi connectivity index (χ0v) is 16.5. The van der Waals surface area contributed by atoms with Crippen molar-refractivity contribution in [3.8, 4) is 0 Å². The molecule has 3 aromatic rings. The number of rotatable bonds is 6. The maximum atomic E-state index is 12.9. The van der Waals surface area contributed by atoms with Gasteiger partial charge < -0.3 is 16.0 Å². The van der Waals surface area contributed by atoms with Gasteiger partial charge in [0, 0.05) is 31.0 Å². The summed E-state index contributed by atoms with van der Waals surface area (Å²) >= 11 is 0. The summed E-state index contributed by atoms with van der Waals surface area (Å²) < 4.78 is 1.58. The van der Waals surface area contributed by atoms with Crippen LogP contribution in [-0.4, -0.2) is 33.7 Å². The summed E-state index contributed by atoms with van der Waals surface area (Å²) in [6, 6.07) is 12.1. The fourth-order valence-electron chi connectivity index (χ4n) is 2.81. The van der Waals surface area contributed by atoms with Gasteiger partial charge in [0.15, 0.2) is 5.69 Å². The number of nitrogens with one attached hydrogen (secondary N) is 3. The number of nitrogens with zero attached hydrogens (tertiary/aromatic N) is 2. The van der Waals surface area contributed by atoms with E-state index in [9.17, 15) is 14.4 Å². The zero-order valence-electron chi connectivity index (χ0n) is 16.5. The molecular formula is C21H23N5O3. The Morgan fingerprint density at radius 2 is 1.72 bits per heavy atom. The van der Waals surface area contributed by atoms with E-state index in [0.29, 0.717) is 29.4 Å². The molecule has 1 aromatic carbocycles. The lowest BCUT2D eigenvalue weighted by Crippen LogP contribution is -2.27. The van der Waals surface area contributed by atoms with Crippen molar-refractivity contribution in [1.29, 1.82) is 0 Å². The summed E-state index contributed by atoms with van der Waals surface area (Å²) in [7, 11) is 0. The second-order valence-corrected chi connectivity index (χ2v) is 7.06. The summed E-state index contributed by atoms with van der Waals surface area (Å²) in [6.07, 6.45) is 1.68. The first-order chi connectivity index (χ1) is 13.8. The lowest BCUT2D eigenvalue weighted by molar-refractivity contribution is -0.114. The van der Waals surface area contributed by atoms with Crippen LogP contribution in [0.3, 0.4) is 0 Å². The highest BCUT2D eigenvalue weighted by Crippen LogP contribution is 2.18. The molecule has 0 aliphatic rings. The molecule has 3 rings (SSSR count). The molecule has 2 aromatic heterocycles. The number of hydrogen-bond acceptors (Lipinski definition) is 4. The molecule has 0 saturated carbocycles. The number of imidazole rings is 1. The maximum absolute atomic E-state index is 12.9. The minimum absolute atomic E-state index is 0.0974. The van der Waals surface area contributed by atoms with Gasteiger partial charge in [-0.1, -0.05) is 26.0 Å². The third kappa shape index (κ3) is 4.78. The van der Waals surface area contributed by atoms with Gasteiger partial charge in [0.05, 0.1) is 5.52 Å². The molecule has 0 aliphatic carbocycles. The molecule has 0 spiro atoms. The number of anilines is 2. The quantitative estimate of drug-likeness (QED) is 0.599. The minimum Gasteiger partial charge on any atom is -0.350 e. The topological polar surface area (TPSA) is 105 Å². The first-order valence-corrected chi connectivity index (χ1v) is 9.29. The molecule has 8 nitrogen and oxygen atoms in total. The number of benzene rings is 1. The van der Waals surface area contributed by atoms with Gasteiger partial charge in [-0.3, -0.25) is 18.8 Å². The summed E-state index contributed by atoms with van der Waals surface area (Å²) in [5.74, 6) is -0.598. The SMILES string of the molecule is CC(=O)Nc1cccc(NC(=O)c2nc(C(=O)NCC(C)C)c3ccccn23)c1. The Morgan fingerprint density at radius 3 is 2.41 bits per heavy atom. The molecule has 0 saturated heterocycles. The van der Waals surface area contributed by atoms with E-state index in [-0.39, 0.29) is 23.3 Å². The van der Waals surface area contributed by atoms with E-state index < -0.39 is 5.91 Å². The van der Waals surface area contributed by atoms with Crippen molar-refractivity contribution in [2.45, 2.75) is 20.8 Å². The van der Waals surface area contributed by atoms with Gasteiger partial charge in [-0.15, -0.1) is 0 Å². The largest absolute Gasteiger partial charge is 0.350 e. The Morgan fingerprint density at radius 1 is 1.00 bits per heavy atom. The van der Waals surface area contributed by atoms with Crippen LogP contribution in [0.25, 0.3) is 5.52 Å². The van der Waals surface area contributed by atoms with Crippen LogP contribution in [0.1, 0.15) is 41.9 Å². The van der Waals surface area contributed by atoms with Gasteiger partial charge in [0.1, 0.15) is 0 Å². The van der Waals surface area contributed by atoms with Gasteiger partial charge in [-0.2, -0.15) is 0 Å². The predicted molar refractivity (Wildman–Crippen MR) is 111 cm³/mol. The highest BCUT2D eigenvalue weighted by Gasteiger charge is 2.21.